The summed E-state index contributed by atoms with van der Waals surface area (Å²) in [6.07, 6.45) is 1.36. The molecule has 0 saturated heterocycles. The predicted octanol–water partition coefficient (Wildman–Crippen LogP) is 1.49. The van der Waals surface area contributed by atoms with Crippen LogP contribution in [-0.2, 0) is 6.54 Å². The van der Waals surface area contributed by atoms with Gasteiger partial charge in [0.2, 0.25) is 0 Å². The van der Waals surface area contributed by atoms with Gasteiger partial charge >= 0.3 is 0 Å². The van der Waals surface area contributed by atoms with Crippen molar-refractivity contribution in [2.45, 2.75) is 6.54 Å². The fourth-order valence-electron chi connectivity index (χ4n) is 1.35. The van der Waals surface area contributed by atoms with Crippen LogP contribution in [0.5, 0.6) is 0 Å². The zero-order chi connectivity index (χ0) is 12.8. The summed E-state index contributed by atoms with van der Waals surface area (Å²) in [4.78, 5) is 17.5. The minimum atomic E-state index is -0.603. The Balaban J connectivity index is 1.92. The molecule has 0 aliphatic heterocycles. The third-order valence-corrected chi connectivity index (χ3v) is 2.21. The van der Waals surface area contributed by atoms with Crippen LogP contribution in [-0.4, -0.2) is 15.9 Å². The van der Waals surface area contributed by atoms with E-state index in [9.17, 15) is 4.79 Å². The number of benzene rings is 1. The number of nitrogens with one attached hydrogen (secondary N) is 2. The van der Waals surface area contributed by atoms with E-state index in [1.165, 1.54) is 6.33 Å². The number of aromatic nitrogens is 2. The molecule has 0 fully saturated rings. The van der Waals surface area contributed by atoms with Gasteiger partial charge in [0.05, 0.1) is 12.9 Å². The molecule has 0 spiro atoms. The number of aromatic amines is 1. The van der Waals surface area contributed by atoms with Crippen LogP contribution in [0.1, 0.15) is 16.1 Å². The van der Waals surface area contributed by atoms with Crippen LogP contribution in [0.4, 0.5) is 5.82 Å². The van der Waals surface area contributed by atoms with E-state index in [1.807, 2.05) is 30.3 Å². The van der Waals surface area contributed by atoms with Crippen LogP contribution in [0.3, 0.4) is 0 Å². The first-order chi connectivity index (χ1) is 8.77. The van der Waals surface area contributed by atoms with Crippen molar-refractivity contribution in [3.05, 3.63) is 47.9 Å². The summed E-state index contributed by atoms with van der Waals surface area (Å²) in [7, 11) is 0. The average Bonchev–Trinajstić information content (AvgIpc) is 2.84. The van der Waals surface area contributed by atoms with Crippen molar-refractivity contribution in [2.75, 3.05) is 5.43 Å². The lowest BCUT2D eigenvalue weighted by atomic mass is 10.2. The highest BCUT2D eigenvalue weighted by Gasteiger charge is 2.09. The number of H-pyrrole nitrogens is 1. The zero-order valence-corrected chi connectivity index (χ0v) is 9.50. The molecule has 0 saturated carbocycles. The molecule has 0 unspecified atom stereocenters. The number of primary amides is 1. The Morgan fingerprint density at radius 1 is 1.39 bits per heavy atom. The second kappa shape index (κ2) is 5.58. The number of amides is 1. The number of nitrogens with two attached hydrogens (primary N) is 1. The van der Waals surface area contributed by atoms with E-state index in [1.54, 1.807) is 0 Å². The number of hydrogen-bond donors (Lipinski definition) is 3. The van der Waals surface area contributed by atoms with Crippen molar-refractivity contribution in [1.82, 2.24) is 9.97 Å². The van der Waals surface area contributed by atoms with Gasteiger partial charge < -0.3 is 10.7 Å². The molecular weight excluding hydrogens is 232 g/mol. The molecule has 0 aliphatic carbocycles. The molecule has 4 N–H and O–H groups in total. The normalized spacial score (nSPS) is 10.7. The summed E-state index contributed by atoms with van der Waals surface area (Å²) >= 11 is 0. The van der Waals surface area contributed by atoms with Gasteiger partial charge in [0.15, 0.2) is 5.82 Å². The van der Waals surface area contributed by atoms with E-state index >= 15 is 0 Å². The van der Waals surface area contributed by atoms with Crippen molar-refractivity contribution in [3.8, 4) is 0 Å². The van der Waals surface area contributed by atoms with Crippen molar-refractivity contribution in [1.29, 1.82) is 0 Å². The maximum Gasteiger partial charge on any atom is 0.269 e. The Kier molecular flexibility index (Phi) is 3.65. The molecule has 7 nitrogen and oxygen atoms in total. The average molecular weight is 244 g/mol. The quantitative estimate of drug-likeness (QED) is 0.547. The number of carbonyl (C=O) groups excluding carboxylic acids is 1. The van der Waals surface area contributed by atoms with Gasteiger partial charge in [-0.25, -0.2) is 10.4 Å². The zero-order valence-electron chi connectivity index (χ0n) is 9.50. The Labute approximate surface area is 103 Å². The number of anilines is 1. The molecule has 18 heavy (non-hydrogen) atoms. The number of rotatable bonds is 5. The Hall–Kier alpha value is -2.70. The molecule has 92 valence electrons. The van der Waals surface area contributed by atoms with Gasteiger partial charge in [0.25, 0.3) is 5.91 Å². The minimum Gasteiger partial charge on any atom is -0.364 e. The second-order valence-electron chi connectivity index (χ2n) is 3.49. The molecular formula is C11H12N6O. The molecule has 1 aromatic carbocycles. The second-order valence-corrected chi connectivity index (χ2v) is 3.49. The Morgan fingerprint density at radius 2 is 2.17 bits per heavy atom. The standard InChI is InChI=1S/C11H12N6O/c12-10(18)9-11(14-7-13-9)16-17-15-6-8-4-2-1-3-5-8/h1-5,7H,6H2,(H2,12,18)(H,13,14)(H,15,16). The van der Waals surface area contributed by atoms with Gasteiger partial charge in [0.1, 0.15) is 5.69 Å². The van der Waals surface area contributed by atoms with Crippen molar-refractivity contribution in [2.24, 2.45) is 16.1 Å². The van der Waals surface area contributed by atoms with Crippen LogP contribution < -0.4 is 11.2 Å². The molecule has 1 heterocycles. The minimum absolute atomic E-state index is 0.175. The van der Waals surface area contributed by atoms with E-state index in [0.29, 0.717) is 6.54 Å². The molecule has 1 amide bonds. The summed E-state index contributed by atoms with van der Waals surface area (Å²) in [6, 6.07) is 9.68. The van der Waals surface area contributed by atoms with Crippen molar-refractivity contribution in [3.63, 3.8) is 0 Å². The lowest BCUT2D eigenvalue weighted by Gasteiger charge is -1.97. The number of hydrogen-bond acceptors (Lipinski definition) is 4. The first-order valence-electron chi connectivity index (χ1n) is 5.27. The van der Waals surface area contributed by atoms with E-state index in [-0.39, 0.29) is 11.5 Å². The van der Waals surface area contributed by atoms with E-state index in [4.69, 9.17) is 5.73 Å². The Bertz CT molecular complexity index is 548. The SMILES string of the molecule is NC(=O)c1[nH]cnc1NN=NCc1ccccc1. The highest BCUT2D eigenvalue weighted by Crippen LogP contribution is 2.08. The first kappa shape index (κ1) is 11.8. The summed E-state index contributed by atoms with van der Waals surface area (Å²) in [5, 5.41) is 7.66. The van der Waals surface area contributed by atoms with Gasteiger partial charge in [0, 0.05) is 0 Å². The van der Waals surface area contributed by atoms with E-state index < -0.39 is 5.91 Å². The number of nitrogens with zero attached hydrogens (tertiary/aromatic N) is 3. The largest absolute Gasteiger partial charge is 0.364 e. The smallest absolute Gasteiger partial charge is 0.269 e. The highest BCUT2D eigenvalue weighted by molar-refractivity contribution is 5.95. The molecule has 1 aromatic heterocycles. The molecule has 0 radical (unpaired) electrons. The first-order valence-corrected chi connectivity index (χ1v) is 5.27. The van der Waals surface area contributed by atoms with E-state index in [2.05, 4.69) is 25.7 Å². The topological polar surface area (TPSA) is 109 Å². The van der Waals surface area contributed by atoms with Crippen LogP contribution in [0, 0.1) is 0 Å². The van der Waals surface area contributed by atoms with E-state index in [0.717, 1.165) is 5.56 Å². The lowest BCUT2D eigenvalue weighted by molar-refractivity contribution is 0.0997. The van der Waals surface area contributed by atoms with Gasteiger partial charge in [-0.05, 0) is 5.56 Å². The van der Waals surface area contributed by atoms with Crippen LogP contribution in [0.2, 0.25) is 0 Å². The summed E-state index contributed by atoms with van der Waals surface area (Å²) in [5.74, 6) is -0.340. The van der Waals surface area contributed by atoms with Gasteiger partial charge in [-0.1, -0.05) is 35.6 Å². The maximum absolute atomic E-state index is 11.0. The fourth-order valence-corrected chi connectivity index (χ4v) is 1.35. The highest BCUT2D eigenvalue weighted by atomic mass is 16.1. The third-order valence-electron chi connectivity index (χ3n) is 2.21. The van der Waals surface area contributed by atoms with Gasteiger partial charge in [-0.15, -0.1) is 0 Å². The van der Waals surface area contributed by atoms with Crippen LogP contribution >= 0.6 is 0 Å². The number of imidazole rings is 1. The molecule has 2 rings (SSSR count). The molecule has 7 heteroatoms. The van der Waals surface area contributed by atoms with Gasteiger partial charge in [-0.3, -0.25) is 4.79 Å². The third kappa shape index (κ3) is 2.91. The lowest BCUT2D eigenvalue weighted by Crippen LogP contribution is -2.13. The Morgan fingerprint density at radius 3 is 2.89 bits per heavy atom. The molecule has 0 bridgehead atoms. The molecule has 0 aliphatic rings. The van der Waals surface area contributed by atoms with Crippen LogP contribution in [0.25, 0.3) is 0 Å². The molecule has 2 aromatic rings. The maximum atomic E-state index is 11.0. The molecule has 0 atom stereocenters. The monoisotopic (exact) mass is 244 g/mol. The summed E-state index contributed by atoms with van der Waals surface area (Å²) in [6.45, 7) is 0.449. The summed E-state index contributed by atoms with van der Waals surface area (Å²) in [5.41, 5.74) is 8.91. The van der Waals surface area contributed by atoms with Gasteiger partial charge in [-0.2, -0.15) is 5.11 Å². The number of carbonyl (C=O) groups is 1. The van der Waals surface area contributed by atoms with Crippen molar-refractivity contribution >= 4 is 11.7 Å². The fraction of sp³-hybridized carbons (Fsp3) is 0.0909. The summed E-state index contributed by atoms with van der Waals surface area (Å²) < 4.78 is 0. The van der Waals surface area contributed by atoms with Crippen molar-refractivity contribution < 1.29 is 4.79 Å². The predicted molar refractivity (Wildman–Crippen MR) is 65.7 cm³/mol. The van der Waals surface area contributed by atoms with Crippen LogP contribution in [0.15, 0.2) is 47.0 Å².